The van der Waals surface area contributed by atoms with Crippen molar-refractivity contribution < 1.29 is 9.53 Å². The van der Waals surface area contributed by atoms with E-state index in [1.54, 1.807) is 29.2 Å². The number of rotatable bonds is 2. The fraction of sp³-hybridized carbons (Fsp3) is 0.167. The molecule has 5 heteroatoms. The number of aryl methyl sites for hydroxylation is 1. The number of allylic oxidation sites excluding steroid dienone is 4. The predicted molar refractivity (Wildman–Crippen MR) is 86.9 cm³/mol. The number of benzene rings is 1. The number of hydrogen-bond donors (Lipinski definition) is 0. The topological polar surface area (TPSA) is 56.5 Å². The van der Waals surface area contributed by atoms with E-state index >= 15 is 0 Å². The van der Waals surface area contributed by atoms with Crippen molar-refractivity contribution in [2.75, 3.05) is 0 Å². The SMILES string of the molecule is Cc1ccccc1OC(=O)N=c1ccn(C2C=CCC=C2)nc1. The van der Waals surface area contributed by atoms with Crippen molar-refractivity contribution in [1.82, 2.24) is 9.78 Å². The number of nitrogens with zero attached hydrogens (tertiary/aromatic N) is 3. The Morgan fingerprint density at radius 1 is 1.26 bits per heavy atom. The van der Waals surface area contributed by atoms with Crippen molar-refractivity contribution in [2.24, 2.45) is 4.99 Å². The average molecular weight is 307 g/mol. The van der Waals surface area contributed by atoms with Gasteiger partial charge in [-0.05, 0) is 31.0 Å². The van der Waals surface area contributed by atoms with Crippen molar-refractivity contribution in [1.29, 1.82) is 0 Å². The van der Waals surface area contributed by atoms with Crippen LogP contribution in [0.4, 0.5) is 4.79 Å². The first-order valence-corrected chi connectivity index (χ1v) is 7.42. The van der Waals surface area contributed by atoms with E-state index in [0.29, 0.717) is 11.1 Å². The van der Waals surface area contributed by atoms with E-state index in [1.807, 2.05) is 25.1 Å². The molecule has 2 aromatic rings. The molecule has 1 aliphatic rings. The van der Waals surface area contributed by atoms with Crippen LogP contribution in [0.15, 0.2) is 72.0 Å². The molecule has 1 amide bonds. The fourth-order valence-corrected chi connectivity index (χ4v) is 2.25. The largest absolute Gasteiger partial charge is 0.439 e. The van der Waals surface area contributed by atoms with Gasteiger partial charge < -0.3 is 4.74 Å². The first-order valence-electron chi connectivity index (χ1n) is 7.42. The summed E-state index contributed by atoms with van der Waals surface area (Å²) in [5, 5.41) is 4.75. The highest BCUT2D eigenvalue weighted by molar-refractivity contribution is 5.71. The monoisotopic (exact) mass is 307 g/mol. The molecule has 5 nitrogen and oxygen atoms in total. The van der Waals surface area contributed by atoms with Crippen LogP contribution in [-0.4, -0.2) is 15.9 Å². The van der Waals surface area contributed by atoms with E-state index in [1.165, 1.54) is 0 Å². The van der Waals surface area contributed by atoms with E-state index < -0.39 is 6.09 Å². The molecular formula is C18H17N3O2. The normalized spacial score (nSPS) is 14.9. The van der Waals surface area contributed by atoms with Gasteiger partial charge >= 0.3 is 6.09 Å². The van der Waals surface area contributed by atoms with Crippen LogP contribution in [0.3, 0.4) is 0 Å². The quantitative estimate of drug-likeness (QED) is 0.799. The summed E-state index contributed by atoms with van der Waals surface area (Å²) in [6, 6.07) is 9.16. The molecule has 1 aromatic heterocycles. The number of hydrogen-bond acceptors (Lipinski definition) is 3. The Labute approximate surface area is 134 Å². The Bertz CT molecular complexity index is 802. The van der Waals surface area contributed by atoms with Gasteiger partial charge in [0.15, 0.2) is 0 Å². The molecule has 0 N–H and O–H groups in total. The Morgan fingerprint density at radius 2 is 2.04 bits per heavy atom. The van der Waals surface area contributed by atoms with Crippen LogP contribution in [-0.2, 0) is 0 Å². The summed E-state index contributed by atoms with van der Waals surface area (Å²) < 4.78 is 7.04. The number of amides is 1. The second-order valence-electron chi connectivity index (χ2n) is 5.19. The molecule has 1 aromatic carbocycles. The van der Waals surface area contributed by atoms with E-state index in [-0.39, 0.29) is 6.04 Å². The van der Waals surface area contributed by atoms with Crippen LogP contribution >= 0.6 is 0 Å². The third-order valence-electron chi connectivity index (χ3n) is 3.48. The molecule has 0 atom stereocenters. The summed E-state index contributed by atoms with van der Waals surface area (Å²) in [5.41, 5.74) is 0.885. The molecule has 0 aliphatic heterocycles. The zero-order valence-electron chi connectivity index (χ0n) is 12.8. The maximum absolute atomic E-state index is 11.9. The molecular weight excluding hydrogens is 290 g/mol. The minimum atomic E-state index is -0.656. The van der Waals surface area contributed by atoms with E-state index in [4.69, 9.17) is 4.74 Å². The summed E-state index contributed by atoms with van der Waals surface area (Å²) in [7, 11) is 0. The van der Waals surface area contributed by atoms with Crippen LogP contribution in [0.2, 0.25) is 0 Å². The lowest BCUT2D eigenvalue weighted by Crippen LogP contribution is -2.16. The average Bonchev–Trinajstić information content (AvgIpc) is 2.58. The van der Waals surface area contributed by atoms with Crippen LogP contribution in [0.5, 0.6) is 5.75 Å². The molecule has 0 bridgehead atoms. The Balaban J connectivity index is 1.73. The Kier molecular flexibility index (Phi) is 4.47. The minimum absolute atomic E-state index is 0.108. The highest BCUT2D eigenvalue weighted by Gasteiger charge is 2.06. The van der Waals surface area contributed by atoms with Crippen LogP contribution < -0.4 is 10.1 Å². The third kappa shape index (κ3) is 3.83. The van der Waals surface area contributed by atoms with Gasteiger partial charge in [-0.1, -0.05) is 42.5 Å². The van der Waals surface area contributed by atoms with Crippen molar-refractivity contribution in [3.05, 3.63) is 78.0 Å². The van der Waals surface area contributed by atoms with Crippen molar-refractivity contribution in [2.45, 2.75) is 19.4 Å². The molecule has 1 heterocycles. The summed E-state index contributed by atoms with van der Waals surface area (Å²) in [5.74, 6) is 0.512. The lowest BCUT2D eigenvalue weighted by molar-refractivity contribution is 0.210. The van der Waals surface area contributed by atoms with Gasteiger partial charge in [0.05, 0.1) is 17.6 Å². The van der Waals surface area contributed by atoms with Crippen LogP contribution in [0.1, 0.15) is 18.0 Å². The number of ether oxygens (including phenoxy) is 1. The van der Waals surface area contributed by atoms with Gasteiger partial charge in [0.25, 0.3) is 0 Å². The molecule has 1 aliphatic carbocycles. The zero-order valence-corrected chi connectivity index (χ0v) is 12.8. The molecule has 0 saturated carbocycles. The van der Waals surface area contributed by atoms with Gasteiger partial charge in [0.2, 0.25) is 0 Å². The van der Waals surface area contributed by atoms with E-state index in [2.05, 4.69) is 34.4 Å². The van der Waals surface area contributed by atoms with Gasteiger partial charge in [-0.3, -0.25) is 4.68 Å². The summed E-state index contributed by atoms with van der Waals surface area (Å²) >= 11 is 0. The van der Waals surface area contributed by atoms with Crippen molar-refractivity contribution >= 4 is 6.09 Å². The molecule has 3 rings (SSSR count). The predicted octanol–water partition coefficient (Wildman–Crippen LogP) is 3.35. The number of para-hydroxylation sites is 1. The van der Waals surface area contributed by atoms with E-state index in [0.717, 1.165) is 12.0 Å². The molecule has 0 fully saturated rings. The first-order chi connectivity index (χ1) is 11.2. The Morgan fingerprint density at radius 3 is 2.74 bits per heavy atom. The highest BCUT2D eigenvalue weighted by atomic mass is 16.5. The zero-order chi connectivity index (χ0) is 16.1. The highest BCUT2D eigenvalue weighted by Crippen LogP contribution is 2.16. The molecule has 116 valence electrons. The summed E-state index contributed by atoms with van der Waals surface area (Å²) in [4.78, 5) is 15.8. The lowest BCUT2D eigenvalue weighted by Gasteiger charge is -2.13. The van der Waals surface area contributed by atoms with Gasteiger partial charge in [0.1, 0.15) is 5.75 Å². The number of aromatic nitrogens is 2. The maximum atomic E-state index is 11.9. The number of carbonyl (C=O) groups excluding carboxylic acids is 1. The van der Waals surface area contributed by atoms with Gasteiger partial charge in [-0.15, -0.1) is 0 Å². The second kappa shape index (κ2) is 6.87. The summed E-state index contributed by atoms with van der Waals surface area (Å²) in [6.45, 7) is 1.88. The van der Waals surface area contributed by atoms with Crippen LogP contribution in [0, 0.1) is 6.92 Å². The van der Waals surface area contributed by atoms with Crippen molar-refractivity contribution in [3.8, 4) is 5.75 Å². The second-order valence-corrected chi connectivity index (χ2v) is 5.19. The summed E-state index contributed by atoms with van der Waals surface area (Å²) in [6.07, 6.45) is 12.0. The molecule has 0 spiro atoms. The first kappa shape index (κ1) is 15.0. The van der Waals surface area contributed by atoms with Gasteiger partial charge in [-0.2, -0.15) is 10.1 Å². The third-order valence-corrected chi connectivity index (χ3v) is 3.48. The van der Waals surface area contributed by atoms with E-state index in [9.17, 15) is 4.79 Å². The van der Waals surface area contributed by atoms with Gasteiger partial charge in [0, 0.05) is 6.20 Å². The minimum Gasteiger partial charge on any atom is -0.408 e. The lowest BCUT2D eigenvalue weighted by atomic mass is 10.1. The smallest absolute Gasteiger partial charge is 0.408 e. The fourth-order valence-electron chi connectivity index (χ4n) is 2.25. The Hall–Kier alpha value is -2.95. The van der Waals surface area contributed by atoms with Crippen molar-refractivity contribution in [3.63, 3.8) is 0 Å². The maximum Gasteiger partial charge on any atom is 0.439 e. The number of carbonyl (C=O) groups is 1. The molecule has 0 unspecified atom stereocenters. The van der Waals surface area contributed by atoms with Gasteiger partial charge in [-0.25, -0.2) is 4.79 Å². The molecule has 0 saturated heterocycles. The van der Waals surface area contributed by atoms with Crippen LogP contribution in [0.25, 0.3) is 0 Å². The molecule has 0 radical (unpaired) electrons. The molecule has 23 heavy (non-hydrogen) atoms. The standard InChI is InChI=1S/C18H17N3O2/c1-14-7-5-6-10-17(14)23-18(22)20-15-11-12-21(19-13-15)16-8-3-2-4-9-16/h3-13,16H,2H2,1H3.